The van der Waals surface area contributed by atoms with Crippen molar-refractivity contribution in [2.45, 2.75) is 49.2 Å². The highest BCUT2D eigenvalue weighted by atomic mass is 32.2. The Kier molecular flexibility index (Phi) is 10.1. The van der Waals surface area contributed by atoms with Crippen LogP contribution in [0.4, 0.5) is 10.1 Å². The standard InChI is InChI=1S/C27H36FN5O6S/c1-33-11-7-21(8-12-33)32-40(36,37)27-24(38-2)16-22(17-29-27)30-26(35)23(15-18-9-13-39-14-10-18)31-25(34)19-3-5-20(28)6-4-19/h3-6,16-18,21,23,32H,7-15H2,1-2H3,(H,30,35)(H,31,34)/t23-/m0/s1. The van der Waals surface area contributed by atoms with Crippen LogP contribution in [0.1, 0.15) is 42.5 Å². The first-order valence-electron chi connectivity index (χ1n) is 13.3. The molecule has 2 amide bonds. The molecule has 4 rings (SSSR count). The summed E-state index contributed by atoms with van der Waals surface area (Å²) >= 11 is 0. The van der Waals surface area contributed by atoms with Gasteiger partial charge in [-0.05, 0) is 82.4 Å². The van der Waals surface area contributed by atoms with Gasteiger partial charge in [0.2, 0.25) is 10.9 Å². The molecule has 2 aromatic rings. The number of carbonyl (C=O) groups is 2. The summed E-state index contributed by atoms with van der Waals surface area (Å²) < 4.78 is 52.9. The minimum absolute atomic E-state index is 0.0189. The van der Waals surface area contributed by atoms with Crippen molar-refractivity contribution in [1.29, 1.82) is 0 Å². The van der Waals surface area contributed by atoms with Crippen molar-refractivity contribution >= 4 is 27.5 Å². The van der Waals surface area contributed by atoms with Crippen LogP contribution in [-0.4, -0.2) is 82.7 Å². The van der Waals surface area contributed by atoms with E-state index in [2.05, 4.69) is 25.2 Å². The van der Waals surface area contributed by atoms with Crippen LogP contribution in [-0.2, 0) is 19.6 Å². The van der Waals surface area contributed by atoms with Gasteiger partial charge in [-0.1, -0.05) is 0 Å². The highest BCUT2D eigenvalue weighted by molar-refractivity contribution is 7.89. The van der Waals surface area contributed by atoms with Crippen molar-refractivity contribution in [3.8, 4) is 5.75 Å². The van der Waals surface area contributed by atoms with Gasteiger partial charge in [0.25, 0.3) is 15.9 Å². The number of rotatable bonds is 10. The Morgan fingerprint density at radius 3 is 2.48 bits per heavy atom. The van der Waals surface area contributed by atoms with Crippen LogP contribution in [0, 0.1) is 11.7 Å². The van der Waals surface area contributed by atoms with E-state index < -0.39 is 33.7 Å². The van der Waals surface area contributed by atoms with E-state index in [9.17, 15) is 22.4 Å². The number of hydrogen-bond acceptors (Lipinski definition) is 8. The smallest absolute Gasteiger partial charge is 0.262 e. The molecule has 2 aliphatic rings. The molecule has 0 spiro atoms. The SMILES string of the molecule is COc1cc(NC(=O)[C@H](CC2CCOCC2)NC(=O)c2ccc(F)cc2)cnc1S(=O)(=O)NC1CCN(C)CC1. The highest BCUT2D eigenvalue weighted by Crippen LogP contribution is 2.27. The van der Waals surface area contributed by atoms with E-state index in [1.165, 1.54) is 43.6 Å². The summed E-state index contributed by atoms with van der Waals surface area (Å²) in [7, 11) is -0.645. The van der Waals surface area contributed by atoms with Gasteiger partial charge in [-0.2, -0.15) is 0 Å². The van der Waals surface area contributed by atoms with E-state index in [4.69, 9.17) is 9.47 Å². The number of amides is 2. The molecule has 2 saturated heterocycles. The molecule has 0 radical (unpaired) electrons. The van der Waals surface area contributed by atoms with Crippen LogP contribution in [0.3, 0.4) is 0 Å². The molecular formula is C27H36FN5O6S. The summed E-state index contributed by atoms with van der Waals surface area (Å²) in [5.41, 5.74) is 0.439. The van der Waals surface area contributed by atoms with Crippen LogP contribution in [0.25, 0.3) is 0 Å². The average molecular weight is 578 g/mol. The molecule has 218 valence electrons. The van der Waals surface area contributed by atoms with Gasteiger partial charge in [0.05, 0.1) is 19.0 Å². The van der Waals surface area contributed by atoms with E-state index in [-0.39, 0.29) is 34.0 Å². The predicted octanol–water partition coefficient (Wildman–Crippen LogP) is 2.16. The lowest BCUT2D eigenvalue weighted by Crippen LogP contribution is -2.45. The number of pyridine rings is 1. The van der Waals surface area contributed by atoms with Crippen molar-refractivity contribution in [3.05, 3.63) is 47.9 Å². The van der Waals surface area contributed by atoms with Gasteiger partial charge in [0.1, 0.15) is 11.9 Å². The number of likely N-dealkylation sites (tertiary alicyclic amines) is 1. The third-order valence-corrected chi connectivity index (χ3v) is 8.70. The zero-order chi connectivity index (χ0) is 28.7. The van der Waals surface area contributed by atoms with Gasteiger partial charge in [0, 0.05) is 30.9 Å². The molecule has 1 aromatic carbocycles. The normalized spacial score (nSPS) is 18.2. The minimum Gasteiger partial charge on any atom is -0.494 e. The lowest BCUT2D eigenvalue weighted by molar-refractivity contribution is -0.118. The molecule has 0 unspecified atom stereocenters. The first-order valence-corrected chi connectivity index (χ1v) is 14.8. The summed E-state index contributed by atoms with van der Waals surface area (Å²) in [4.78, 5) is 32.5. The second-order valence-electron chi connectivity index (χ2n) is 10.2. The number of carbonyl (C=O) groups excluding carboxylic acids is 2. The molecule has 13 heteroatoms. The topological polar surface area (TPSA) is 139 Å². The fraction of sp³-hybridized carbons (Fsp3) is 0.519. The zero-order valence-electron chi connectivity index (χ0n) is 22.7. The van der Waals surface area contributed by atoms with Crippen LogP contribution in [0.5, 0.6) is 5.75 Å². The molecule has 40 heavy (non-hydrogen) atoms. The van der Waals surface area contributed by atoms with Crippen LogP contribution >= 0.6 is 0 Å². The molecule has 3 heterocycles. The van der Waals surface area contributed by atoms with Gasteiger partial charge < -0.3 is 25.0 Å². The lowest BCUT2D eigenvalue weighted by atomic mass is 9.92. The average Bonchev–Trinajstić information content (AvgIpc) is 2.94. The molecule has 11 nitrogen and oxygen atoms in total. The molecule has 2 fully saturated rings. The quantitative estimate of drug-likeness (QED) is 0.391. The summed E-state index contributed by atoms with van der Waals surface area (Å²) in [6.45, 7) is 2.73. The van der Waals surface area contributed by atoms with Crippen molar-refractivity contribution in [3.63, 3.8) is 0 Å². The Morgan fingerprint density at radius 1 is 1.15 bits per heavy atom. The fourth-order valence-corrected chi connectivity index (χ4v) is 6.25. The zero-order valence-corrected chi connectivity index (χ0v) is 23.5. The number of sulfonamides is 1. The van der Waals surface area contributed by atoms with E-state index in [0.717, 1.165) is 25.9 Å². The third kappa shape index (κ3) is 7.96. The summed E-state index contributed by atoms with van der Waals surface area (Å²) in [5.74, 6) is -1.34. The van der Waals surface area contributed by atoms with E-state index in [1.54, 1.807) is 0 Å². The molecule has 0 saturated carbocycles. The predicted molar refractivity (Wildman–Crippen MR) is 146 cm³/mol. The maximum absolute atomic E-state index is 13.4. The third-order valence-electron chi connectivity index (χ3n) is 7.24. The van der Waals surface area contributed by atoms with E-state index in [1.807, 2.05) is 7.05 Å². The first kappa shape index (κ1) is 29.8. The number of nitrogens with zero attached hydrogens (tertiary/aromatic N) is 2. The Morgan fingerprint density at radius 2 is 1.82 bits per heavy atom. The molecular weight excluding hydrogens is 541 g/mol. The number of nitrogens with one attached hydrogen (secondary N) is 3. The van der Waals surface area contributed by atoms with Gasteiger partial charge in [-0.25, -0.2) is 22.5 Å². The van der Waals surface area contributed by atoms with Crippen molar-refractivity contribution in [1.82, 2.24) is 19.9 Å². The van der Waals surface area contributed by atoms with E-state index in [0.29, 0.717) is 32.5 Å². The number of halogens is 1. The van der Waals surface area contributed by atoms with Gasteiger partial charge in [0.15, 0.2) is 5.75 Å². The highest BCUT2D eigenvalue weighted by Gasteiger charge is 2.29. The molecule has 0 aliphatic carbocycles. The Hall–Kier alpha value is -3.13. The molecule has 1 atom stereocenters. The number of aromatic nitrogens is 1. The maximum Gasteiger partial charge on any atom is 0.262 e. The number of ether oxygens (including phenoxy) is 2. The van der Waals surface area contributed by atoms with Crippen LogP contribution in [0.2, 0.25) is 0 Å². The molecule has 2 aliphatic heterocycles. The molecule has 1 aromatic heterocycles. The first-order chi connectivity index (χ1) is 19.1. The van der Waals surface area contributed by atoms with Gasteiger partial charge >= 0.3 is 0 Å². The Bertz CT molecular complexity index is 1280. The van der Waals surface area contributed by atoms with Crippen molar-refractivity contribution in [2.24, 2.45) is 5.92 Å². The van der Waals surface area contributed by atoms with Crippen LogP contribution < -0.4 is 20.1 Å². The maximum atomic E-state index is 13.4. The number of methoxy groups -OCH3 is 1. The van der Waals surface area contributed by atoms with Crippen LogP contribution in [0.15, 0.2) is 41.6 Å². The largest absolute Gasteiger partial charge is 0.494 e. The summed E-state index contributed by atoms with van der Waals surface area (Å²) in [6, 6.07) is 5.34. The summed E-state index contributed by atoms with van der Waals surface area (Å²) in [5, 5.41) is 5.22. The van der Waals surface area contributed by atoms with Gasteiger partial charge in [-0.15, -0.1) is 0 Å². The number of benzene rings is 1. The Balaban J connectivity index is 1.48. The number of anilines is 1. The second kappa shape index (κ2) is 13.5. The monoisotopic (exact) mass is 577 g/mol. The Labute approximate surface area is 233 Å². The summed E-state index contributed by atoms with van der Waals surface area (Å²) in [6.07, 6.45) is 4.50. The van der Waals surface area contributed by atoms with Crippen molar-refractivity contribution < 1.29 is 31.9 Å². The second-order valence-corrected chi connectivity index (χ2v) is 11.9. The molecule has 3 N–H and O–H groups in total. The molecule has 0 bridgehead atoms. The lowest BCUT2D eigenvalue weighted by Gasteiger charge is -2.29. The number of piperidine rings is 1. The van der Waals surface area contributed by atoms with E-state index >= 15 is 0 Å². The fourth-order valence-electron chi connectivity index (χ4n) is 4.87. The minimum atomic E-state index is -3.96. The van der Waals surface area contributed by atoms with Gasteiger partial charge in [-0.3, -0.25) is 9.59 Å². The number of hydrogen-bond donors (Lipinski definition) is 3. The van der Waals surface area contributed by atoms with Crippen molar-refractivity contribution in [2.75, 3.05) is 45.8 Å².